The highest BCUT2D eigenvalue weighted by atomic mass is 32.2. The van der Waals surface area contributed by atoms with Crippen LogP contribution in [0, 0.1) is 16.7 Å². The van der Waals surface area contributed by atoms with Gasteiger partial charge < -0.3 is 0 Å². The molecule has 1 aliphatic rings. The highest BCUT2D eigenvalue weighted by Gasteiger charge is 2.30. The van der Waals surface area contributed by atoms with Crippen molar-refractivity contribution in [3.63, 3.8) is 0 Å². The average Bonchev–Trinajstić information content (AvgIpc) is 2.60. The molecule has 0 N–H and O–H groups in total. The molecule has 0 radical (unpaired) electrons. The number of hydrogen-bond acceptors (Lipinski definition) is 3. The third-order valence-corrected chi connectivity index (χ3v) is 5.79. The summed E-state index contributed by atoms with van der Waals surface area (Å²) in [6, 6.07) is 8.23. The smallest absolute Gasteiger partial charge is 0.207 e. The fraction of sp³-hybridized carbons (Fsp3) is 0.533. The summed E-state index contributed by atoms with van der Waals surface area (Å²) in [5, 5.41) is 8.89. The van der Waals surface area contributed by atoms with Crippen LogP contribution in [0.25, 0.3) is 0 Å². The molecule has 20 heavy (non-hydrogen) atoms. The lowest BCUT2D eigenvalue weighted by Gasteiger charge is -2.23. The van der Waals surface area contributed by atoms with Crippen LogP contribution in [0.1, 0.15) is 38.7 Å². The highest BCUT2D eigenvalue weighted by Crippen LogP contribution is 2.31. The minimum Gasteiger partial charge on any atom is -0.207 e. The number of benzene rings is 1. The third-order valence-electron chi connectivity index (χ3n) is 3.90. The number of nitriles is 1. The number of rotatable bonds is 2. The van der Waals surface area contributed by atoms with Crippen molar-refractivity contribution in [2.75, 3.05) is 13.1 Å². The third kappa shape index (κ3) is 3.20. The van der Waals surface area contributed by atoms with Crippen molar-refractivity contribution in [3.8, 4) is 6.07 Å². The fourth-order valence-electron chi connectivity index (χ4n) is 2.51. The van der Waals surface area contributed by atoms with Crippen molar-refractivity contribution in [2.45, 2.75) is 38.0 Å². The van der Waals surface area contributed by atoms with Gasteiger partial charge in [-0.15, -0.1) is 0 Å². The van der Waals surface area contributed by atoms with Crippen LogP contribution < -0.4 is 0 Å². The van der Waals surface area contributed by atoms with Gasteiger partial charge >= 0.3 is 0 Å². The van der Waals surface area contributed by atoms with Crippen LogP contribution in [0.2, 0.25) is 0 Å². The fourth-order valence-corrected chi connectivity index (χ4v) is 4.04. The maximum atomic E-state index is 12.6. The zero-order chi connectivity index (χ0) is 14.8. The minimum absolute atomic E-state index is 0.193. The Morgan fingerprint density at radius 3 is 2.70 bits per heavy atom. The molecular weight excluding hydrogens is 272 g/mol. The summed E-state index contributed by atoms with van der Waals surface area (Å²) in [7, 11) is -3.49. The Labute approximate surface area is 121 Å². The molecule has 1 fully saturated rings. The molecule has 0 amide bonds. The van der Waals surface area contributed by atoms with Gasteiger partial charge in [-0.25, -0.2) is 8.42 Å². The van der Waals surface area contributed by atoms with Crippen LogP contribution in [-0.2, 0) is 10.0 Å². The molecule has 5 heteroatoms. The van der Waals surface area contributed by atoms with Crippen LogP contribution >= 0.6 is 0 Å². The average molecular weight is 292 g/mol. The molecule has 1 heterocycles. The summed E-state index contributed by atoms with van der Waals surface area (Å²) in [6.07, 6.45) is 2.78. The van der Waals surface area contributed by atoms with Gasteiger partial charge in [0.05, 0.1) is 16.5 Å². The topological polar surface area (TPSA) is 61.2 Å². The molecule has 2 rings (SSSR count). The van der Waals surface area contributed by atoms with Gasteiger partial charge in [-0.1, -0.05) is 19.9 Å². The molecule has 4 nitrogen and oxygen atoms in total. The summed E-state index contributed by atoms with van der Waals surface area (Å²) in [5.41, 5.74) is 0.569. The molecule has 108 valence electrons. The molecule has 0 spiro atoms. The second-order valence-corrected chi connectivity index (χ2v) is 8.00. The summed E-state index contributed by atoms with van der Waals surface area (Å²) >= 11 is 0. The maximum absolute atomic E-state index is 12.6. The first kappa shape index (κ1) is 15.0. The van der Waals surface area contributed by atoms with E-state index < -0.39 is 10.0 Å². The zero-order valence-electron chi connectivity index (χ0n) is 12.0. The van der Waals surface area contributed by atoms with E-state index in [-0.39, 0.29) is 10.3 Å². The highest BCUT2D eigenvalue weighted by molar-refractivity contribution is 7.89. The first-order valence-electron chi connectivity index (χ1n) is 6.85. The van der Waals surface area contributed by atoms with Gasteiger partial charge in [-0.2, -0.15) is 9.57 Å². The number of hydrogen-bond donors (Lipinski definition) is 0. The van der Waals surface area contributed by atoms with E-state index in [0.29, 0.717) is 18.7 Å². The van der Waals surface area contributed by atoms with Crippen LogP contribution in [-0.4, -0.2) is 25.8 Å². The lowest BCUT2D eigenvalue weighted by atomic mass is 9.85. The second-order valence-electron chi connectivity index (χ2n) is 6.06. The lowest BCUT2D eigenvalue weighted by molar-refractivity contribution is 0.315. The van der Waals surface area contributed by atoms with Crippen molar-refractivity contribution in [1.29, 1.82) is 5.26 Å². The molecule has 0 saturated carbocycles. The Kier molecular flexibility index (Phi) is 4.17. The van der Waals surface area contributed by atoms with Gasteiger partial charge in [0.2, 0.25) is 10.0 Å². The molecule has 1 aliphatic heterocycles. The van der Waals surface area contributed by atoms with Gasteiger partial charge in [-0.3, -0.25) is 0 Å². The van der Waals surface area contributed by atoms with E-state index in [0.717, 1.165) is 19.3 Å². The second kappa shape index (κ2) is 5.55. The molecule has 1 saturated heterocycles. The lowest BCUT2D eigenvalue weighted by Crippen LogP contribution is -2.32. The molecule has 0 bridgehead atoms. The quantitative estimate of drug-likeness (QED) is 0.842. The SMILES string of the molecule is CC1(C)CCCN(S(=O)(=O)c2cccc(C#N)c2)CC1. The molecule has 0 atom stereocenters. The van der Waals surface area contributed by atoms with E-state index in [4.69, 9.17) is 5.26 Å². The summed E-state index contributed by atoms with van der Waals surface area (Å²) in [4.78, 5) is 0.219. The van der Waals surface area contributed by atoms with Gasteiger partial charge in [-0.05, 0) is 42.9 Å². The van der Waals surface area contributed by atoms with E-state index >= 15 is 0 Å². The van der Waals surface area contributed by atoms with Gasteiger partial charge in [0.1, 0.15) is 0 Å². The Bertz CT molecular complexity index is 630. The van der Waals surface area contributed by atoms with Crippen molar-refractivity contribution in [2.24, 2.45) is 5.41 Å². The van der Waals surface area contributed by atoms with Crippen LogP contribution in [0.4, 0.5) is 0 Å². The Morgan fingerprint density at radius 2 is 2.00 bits per heavy atom. The molecular formula is C15H20N2O2S. The Balaban J connectivity index is 2.28. The Morgan fingerprint density at radius 1 is 1.25 bits per heavy atom. The predicted octanol–water partition coefficient (Wildman–Crippen LogP) is 2.76. The van der Waals surface area contributed by atoms with Crippen molar-refractivity contribution in [3.05, 3.63) is 29.8 Å². The summed E-state index contributed by atoms with van der Waals surface area (Å²) in [6.45, 7) is 5.47. The standard InChI is InChI=1S/C15H20N2O2S/c1-15(2)7-4-9-17(10-8-15)20(18,19)14-6-3-5-13(11-14)12-16/h3,5-6,11H,4,7-10H2,1-2H3. The molecule has 0 aliphatic carbocycles. The van der Waals surface area contributed by atoms with Crippen molar-refractivity contribution < 1.29 is 8.42 Å². The monoisotopic (exact) mass is 292 g/mol. The summed E-state index contributed by atoms with van der Waals surface area (Å²) < 4.78 is 26.8. The molecule has 0 unspecified atom stereocenters. The van der Waals surface area contributed by atoms with Gasteiger partial charge in [0.15, 0.2) is 0 Å². The van der Waals surface area contributed by atoms with Crippen LogP contribution in [0.3, 0.4) is 0 Å². The first-order valence-corrected chi connectivity index (χ1v) is 8.29. The van der Waals surface area contributed by atoms with Gasteiger partial charge in [0.25, 0.3) is 0 Å². The van der Waals surface area contributed by atoms with E-state index in [9.17, 15) is 8.42 Å². The minimum atomic E-state index is -3.49. The molecule has 1 aromatic carbocycles. The van der Waals surface area contributed by atoms with Crippen LogP contribution in [0.5, 0.6) is 0 Å². The first-order chi connectivity index (χ1) is 9.35. The predicted molar refractivity (Wildman–Crippen MR) is 77.5 cm³/mol. The zero-order valence-corrected chi connectivity index (χ0v) is 12.8. The van der Waals surface area contributed by atoms with E-state index in [1.54, 1.807) is 22.5 Å². The number of nitrogens with zero attached hydrogens (tertiary/aromatic N) is 2. The molecule has 1 aromatic rings. The maximum Gasteiger partial charge on any atom is 0.243 e. The van der Waals surface area contributed by atoms with E-state index in [1.165, 1.54) is 6.07 Å². The van der Waals surface area contributed by atoms with Crippen molar-refractivity contribution >= 4 is 10.0 Å². The van der Waals surface area contributed by atoms with Crippen molar-refractivity contribution in [1.82, 2.24) is 4.31 Å². The van der Waals surface area contributed by atoms with Crippen LogP contribution in [0.15, 0.2) is 29.2 Å². The van der Waals surface area contributed by atoms with Gasteiger partial charge in [0, 0.05) is 13.1 Å². The number of sulfonamides is 1. The van der Waals surface area contributed by atoms with E-state index in [1.807, 2.05) is 6.07 Å². The van der Waals surface area contributed by atoms with E-state index in [2.05, 4.69) is 13.8 Å². The molecule has 0 aromatic heterocycles. The normalized spacial score (nSPS) is 20.1. The largest absolute Gasteiger partial charge is 0.243 e. The summed E-state index contributed by atoms with van der Waals surface area (Å²) in [5.74, 6) is 0. The Hall–Kier alpha value is -1.38.